The molecule has 1 N–H and O–H groups in total. The van der Waals surface area contributed by atoms with Crippen molar-refractivity contribution in [3.63, 3.8) is 0 Å². The fraction of sp³-hybridized carbons (Fsp3) is 0.130. The number of fused-ring (bicyclic) bond motifs is 1. The topological polar surface area (TPSA) is 90.4 Å². The maximum atomic E-state index is 13.1. The third-order valence-electron chi connectivity index (χ3n) is 4.74. The minimum absolute atomic E-state index is 0.204. The first-order valence-electron chi connectivity index (χ1n) is 9.62. The number of sulfone groups is 1. The van der Waals surface area contributed by atoms with Crippen LogP contribution in [0.1, 0.15) is 5.69 Å². The number of anilines is 2. The molecule has 1 heterocycles. The third kappa shape index (κ3) is 4.84. The molecule has 0 bridgehead atoms. The predicted molar refractivity (Wildman–Crippen MR) is 127 cm³/mol. The number of hydrogen-bond acceptors (Lipinski definition) is 7. The second kappa shape index (κ2) is 9.13. The van der Waals surface area contributed by atoms with Crippen LogP contribution < -0.4 is 14.8 Å². The van der Waals surface area contributed by atoms with Crippen LogP contribution in [0, 0.1) is 0 Å². The molecule has 0 saturated carbocycles. The lowest BCUT2D eigenvalue weighted by atomic mass is 10.2. The quantitative estimate of drug-likeness (QED) is 0.366. The van der Waals surface area contributed by atoms with Crippen molar-refractivity contribution in [1.29, 1.82) is 0 Å². The highest BCUT2D eigenvalue weighted by Crippen LogP contribution is 2.30. The largest absolute Gasteiger partial charge is 0.497 e. The molecule has 7 nitrogen and oxygen atoms in total. The van der Waals surface area contributed by atoms with Gasteiger partial charge >= 0.3 is 0 Å². The Morgan fingerprint density at radius 3 is 2.16 bits per heavy atom. The zero-order chi connectivity index (χ0) is 22.7. The Labute approximate surface area is 194 Å². The molecular weight excluding hydrogens is 494 g/mol. The summed E-state index contributed by atoms with van der Waals surface area (Å²) in [6.45, 7) is 0. The second-order valence-electron chi connectivity index (χ2n) is 6.95. The number of hydrogen-bond donors (Lipinski definition) is 1. The summed E-state index contributed by atoms with van der Waals surface area (Å²) in [7, 11) is -0.547. The molecular formula is C23H20BrN3O4S. The normalized spacial score (nSPS) is 11.3. The molecule has 0 spiro atoms. The predicted octanol–water partition coefficient (Wildman–Crippen LogP) is 5.13. The van der Waals surface area contributed by atoms with E-state index in [4.69, 9.17) is 9.47 Å². The second-order valence-corrected chi connectivity index (χ2v) is 9.86. The number of ether oxygens (including phenoxy) is 2. The van der Waals surface area contributed by atoms with Crippen molar-refractivity contribution in [3.8, 4) is 11.5 Å². The van der Waals surface area contributed by atoms with Crippen LogP contribution in [0.4, 0.5) is 11.5 Å². The zero-order valence-corrected chi connectivity index (χ0v) is 19.8. The SMILES string of the molecule is COc1cc(Nc2nc3ccccc3nc2CS(=O)(=O)c2cccc(Br)c2)cc(OC)c1. The summed E-state index contributed by atoms with van der Waals surface area (Å²) in [5.41, 5.74) is 2.20. The van der Waals surface area contributed by atoms with Gasteiger partial charge in [0.05, 0.1) is 35.8 Å². The van der Waals surface area contributed by atoms with Crippen LogP contribution in [-0.2, 0) is 15.6 Å². The van der Waals surface area contributed by atoms with E-state index in [2.05, 4.69) is 31.2 Å². The molecule has 4 rings (SSSR count). The van der Waals surface area contributed by atoms with E-state index >= 15 is 0 Å². The summed E-state index contributed by atoms with van der Waals surface area (Å²) in [6.07, 6.45) is 0. The minimum atomic E-state index is -3.67. The summed E-state index contributed by atoms with van der Waals surface area (Å²) < 4.78 is 37.6. The molecule has 0 aliphatic carbocycles. The summed E-state index contributed by atoms with van der Waals surface area (Å²) in [5.74, 6) is 1.20. The number of rotatable bonds is 7. The fourth-order valence-electron chi connectivity index (χ4n) is 3.18. The van der Waals surface area contributed by atoms with Gasteiger partial charge in [0.1, 0.15) is 17.3 Å². The average Bonchev–Trinajstić information content (AvgIpc) is 2.79. The van der Waals surface area contributed by atoms with Crippen molar-refractivity contribution >= 4 is 48.3 Å². The van der Waals surface area contributed by atoms with Crippen molar-refractivity contribution in [2.45, 2.75) is 10.6 Å². The Hall–Kier alpha value is -3.17. The molecule has 164 valence electrons. The van der Waals surface area contributed by atoms with Gasteiger partial charge in [-0.15, -0.1) is 0 Å². The van der Waals surface area contributed by atoms with E-state index in [9.17, 15) is 8.42 Å². The summed E-state index contributed by atoms with van der Waals surface area (Å²) >= 11 is 3.33. The first kappa shape index (κ1) is 22.0. The van der Waals surface area contributed by atoms with Crippen LogP contribution in [0.25, 0.3) is 11.0 Å². The van der Waals surface area contributed by atoms with Gasteiger partial charge in [0.15, 0.2) is 15.7 Å². The Morgan fingerprint density at radius 1 is 0.875 bits per heavy atom. The van der Waals surface area contributed by atoms with Gasteiger partial charge < -0.3 is 14.8 Å². The highest BCUT2D eigenvalue weighted by Gasteiger charge is 2.21. The Kier molecular flexibility index (Phi) is 6.29. The minimum Gasteiger partial charge on any atom is -0.497 e. The van der Waals surface area contributed by atoms with Gasteiger partial charge in [-0.2, -0.15) is 0 Å². The van der Waals surface area contributed by atoms with Gasteiger partial charge in [0, 0.05) is 28.4 Å². The number of halogens is 1. The van der Waals surface area contributed by atoms with E-state index in [1.54, 1.807) is 62.8 Å². The van der Waals surface area contributed by atoms with E-state index < -0.39 is 9.84 Å². The van der Waals surface area contributed by atoms with Crippen LogP contribution in [0.5, 0.6) is 11.5 Å². The van der Waals surface area contributed by atoms with E-state index in [1.807, 2.05) is 18.2 Å². The third-order valence-corrected chi connectivity index (χ3v) is 6.86. The van der Waals surface area contributed by atoms with E-state index in [0.717, 1.165) is 0 Å². The first-order valence-corrected chi connectivity index (χ1v) is 12.1. The van der Waals surface area contributed by atoms with Crippen LogP contribution in [0.15, 0.2) is 76.1 Å². The Morgan fingerprint density at radius 2 is 1.53 bits per heavy atom. The highest BCUT2D eigenvalue weighted by atomic mass is 79.9. The van der Waals surface area contributed by atoms with Gasteiger partial charge in [-0.3, -0.25) is 0 Å². The lowest BCUT2D eigenvalue weighted by Gasteiger charge is -2.14. The smallest absolute Gasteiger partial charge is 0.184 e. The zero-order valence-electron chi connectivity index (χ0n) is 17.4. The molecule has 0 atom stereocenters. The van der Waals surface area contributed by atoms with Gasteiger partial charge in [0.2, 0.25) is 0 Å². The van der Waals surface area contributed by atoms with Crippen molar-refractivity contribution in [3.05, 3.63) is 76.9 Å². The van der Waals surface area contributed by atoms with Gasteiger partial charge in [-0.25, -0.2) is 18.4 Å². The molecule has 9 heteroatoms. The molecule has 0 aliphatic heterocycles. The number of para-hydroxylation sites is 2. The fourth-order valence-corrected chi connectivity index (χ4v) is 5.05. The van der Waals surface area contributed by atoms with Crippen molar-refractivity contribution in [2.24, 2.45) is 0 Å². The van der Waals surface area contributed by atoms with Crippen LogP contribution >= 0.6 is 15.9 Å². The monoisotopic (exact) mass is 513 g/mol. The van der Waals surface area contributed by atoms with E-state index in [1.165, 1.54) is 0 Å². The van der Waals surface area contributed by atoms with E-state index in [0.29, 0.717) is 44.2 Å². The number of aromatic nitrogens is 2. The van der Waals surface area contributed by atoms with Gasteiger partial charge in [-0.1, -0.05) is 34.1 Å². The number of benzene rings is 3. The maximum Gasteiger partial charge on any atom is 0.184 e. The van der Waals surface area contributed by atoms with Crippen molar-refractivity contribution in [2.75, 3.05) is 19.5 Å². The molecule has 0 fully saturated rings. The average molecular weight is 514 g/mol. The summed E-state index contributed by atoms with van der Waals surface area (Å²) in [4.78, 5) is 9.46. The Bertz CT molecular complexity index is 1370. The number of nitrogens with one attached hydrogen (secondary N) is 1. The van der Waals surface area contributed by atoms with Crippen LogP contribution in [0.2, 0.25) is 0 Å². The van der Waals surface area contributed by atoms with Gasteiger partial charge in [-0.05, 0) is 30.3 Å². The Balaban J connectivity index is 1.79. The lowest BCUT2D eigenvalue weighted by molar-refractivity contribution is 0.395. The van der Waals surface area contributed by atoms with E-state index in [-0.39, 0.29) is 10.6 Å². The van der Waals surface area contributed by atoms with Crippen molar-refractivity contribution < 1.29 is 17.9 Å². The molecule has 32 heavy (non-hydrogen) atoms. The molecule has 0 aliphatic rings. The molecule has 0 radical (unpaired) electrons. The summed E-state index contributed by atoms with van der Waals surface area (Å²) in [6, 6.07) is 19.2. The molecule has 1 aromatic heterocycles. The standard InChI is InChI=1S/C23H20BrN3O4S/c1-30-17-11-16(12-18(13-17)31-2)25-23-22(26-20-8-3-4-9-21(20)27-23)14-32(28,29)19-7-5-6-15(24)10-19/h3-13H,14H2,1-2H3,(H,25,27). The van der Waals surface area contributed by atoms with Gasteiger partial charge in [0.25, 0.3) is 0 Å². The lowest BCUT2D eigenvalue weighted by Crippen LogP contribution is -2.10. The maximum absolute atomic E-state index is 13.1. The number of methoxy groups -OCH3 is 2. The van der Waals surface area contributed by atoms with Crippen molar-refractivity contribution in [1.82, 2.24) is 9.97 Å². The number of nitrogens with zero attached hydrogens (tertiary/aromatic N) is 2. The first-order chi connectivity index (χ1) is 15.4. The molecule has 0 saturated heterocycles. The molecule has 0 unspecified atom stereocenters. The van der Waals surface area contributed by atoms with Crippen LogP contribution in [0.3, 0.4) is 0 Å². The molecule has 0 amide bonds. The summed E-state index contributed by atoms with van der Waals surface area (Å²) in [5, 5.41) is 3.19. The molecule has 3 aromatic carbocycles. The molecule has 4 aromatic rings. The van der Waals surface area contributed by atoms with Crippen LogP contribution in [-0.4, -0.2) is 32.6 Å². The highest BCUT2D eigenvalue weighted by molar-refractivity contribution is 9.10.